The lowest BCUT2D eigenvalue weighted by molar-refractivity contribution is 0.522. The van der Waals surface area contributed by atoms with Crippen LogP contribution in [0.25, 0.3) is 40.2 Å². The van der Waals surface area contributed by atoms with Crippen molar-refractivity contribution in [1.82, 2.24) is 25.1 Å². The van der Waals surface area contributed by atoms with Crippen LogP contribution < -0.4 is 0 Å². The van der Waals surface area contributed by atoms with E-state index >= 15 is 0 Å². The molecule has 4 rings (SSSR count). The fourth-order valence-electron chi connectivity index (χ4n) is 2.70. The van der Waals surface area contributed by atoms with Crippen LogP contribution in [0.1, 0.15) is 11.3 Å². The highest BCUT2D eigenvalue weighted by molar-refractivity contribution is 5.68. The van der Waals surface area contributed by atoms with Gasteiger partial charge in [-0.1, -0.05) is 30.8 Å². The van der Waals surface area contributed by atoms with Crippen molar-refractivity contribution in [1.29, 1.82) is 0 Å². The molecule has 0 saturated heterocycles. The van der Waals surface area contributed by atoms with Crippen LogP contribution in [0.4, 0.5) is 0 Å². The molecule has 0 bridgehead atoms. The van der Waals surface area contributed by atoms with E-state index in [0.29, 0.717) is 28.9 Å². The van der Waals surface area contributed by atoms with Crippen molar-refractivity contribution in [3.8, 4) is 34.5 Å². The highest BCUT2D eigenvalue weighted by Gasteiger charge is 2.17. The third-order valence-electron chi connectivity index (χ3n) is 4.37. The van der Waals surface area contributed by atoms with Gasteiger partial charge in [-0.3, -0.25) is 4.98 Å². The molecular formula is C21H19N5O2. The van der Waals surface area contributed by atoms with Gasteiger partial charge in [0.15, 0.2) is 5.76 Å². The van der Waals surface area contributed by atoms with Gasteiger partial charge in [0, 0.05) is 25.4 Å². The molecule has 0 aliphatic carbocycles. The molecule has 0 saturated carbocycles. The summed E-state index contributed by atoms with van der Waals surface area (Å²) in [6.45, 7) is 5.93. The average Bonchev–Trinajstić information content (AvgIpc) is 3.39. The molecule has 0 fully saturated rings. The molecule has 1 aromatic carbocycles. The highest BCUT2D eigenvalue weighted by Crippen LogP contribution is 2.27. The SMILES string of the molecule is C=C(c1ccc(-c2cnc(C)c(-c3nnc(-c4ccco4)o3)n2)cc1)N(C)C. The zero-order chi connectivity index (χ0) is 19.7. The van der Waals surface area contributed by atoms with Gasteiger partial charge in [-0.25, -0.2) is 4.98 Å². The second kappa shape index (κ2) is 7.11. The smallest absolute Gasteiger partial charge is 0.283 e. The van der Waals surface area contributed by atoms with Crippen molar-refractivity contribution < 1.29 is 8.83 Å². The van der Waals surface area contributed by atoms with E-state index in [2.05, 4.69) is 21.8 Å². The van der Waals surface area contributed by atoms with Crippen LogP contribution in [0.15, 0.2) is 64.3 Å². The van der Waals surface area contributed by atoms with E-state index in [1.807, 2.05) is 50.2 Å². The Hall–Kier alpha value is -3.74. The van der Waals surface area contributed by atoms with Gasteiger partial charge in [0.1, 0.15) is 5.69 Å². The normalized spacial score (nSPS) is 10.8. The van der Waals surface area contributed by atoms with Crippen molar-refractivity contribution >= 4 is 5.70 Å². The summed E-state index contributed by atoms with van der Waals surface area (Å²) in [5.74, 6) is 1.12. The van der Waals surface area contributed by atoms with E-state index < -0.39 is 0 Å². The average molecular weight is 373 g/mol. The molecule has 0 atom stereocenters. The topological polar surface area (TPSA) is 81.1 Å². The maximum absolute atomic E-state index is 5.73. The summed E-state index contributed by atoms with van der Waals surface area (Å²) in [7, 11) is 3.94. The number of furan rings is 1. The van der Waals surface area contributed by atoms with Crippen molar-refractivity contribution in [3.05, 3.63) is 66.7 Å². The molecule has 28 heavy (non-hydrogen) atoms. The van der Waals surface area contributed by atoms with Crippen molar-refractivity contribution in [3.63, 3.8) is 0 Å². The summed E-state index contributed by atoms with van der Waals surface area (Å²) >= 11 is 0. The first-order valence-electron chi connectivity index (χ1n) is 8.71. The standard InChI is InChI=1S/C21H19N5O2/c1-13-19(21-25-24-20(28-21)18-6-5-11-27-18)23-17(12-22-13)16-9-7-15(8-10-16)14(2)26(3)4/h5-12H,2H2,1,3-4H3. The van der Waals surface area contributed by atoms with E-state index in [0.717, 1.165) is 22.5 Å². The van der Waals surface area contributed by atoms with Gasteiger partial charge in [0.05, 0.1) is 23.8 Å². The predicted octanol–water partition coefficient (Wildman–Crippen LogP) is 4.29. The van der Waals surface area contributed by atoms with Crippen molar-refractivity contribution in [2.75, 3.05) is 14.1 Å². The molecule has 0 radical (unpaired) electrons. The Bertz CT molecular complexity index is 1110. The van der Waals surface area contributed by atoms with Crippen molar-refractivity contribution in [2.24, 2.45) is 0 Å². The minimum Gasteiger partial charge on any atom is -0.459 e. The van der Waals surface area contributed by atoms with E-state index in [4.69, 9.17) is 13.8 Å². The zero-order valence-corrected chi connectivity index (χ0v) is 15.9. The van der Waals surface area contributed by atoms with Crippen molar-refractivity contribution in [2.45, 2.75) is 6.92 Å². The molecule has 0 amide bonds. The van der Waals surface area contributed by atoms with Crippen LogP contribution in [-0.4, -0.2) is 39.2 Å². The largest absolute Gasteiger partial charge is 0.459 e. The molecule has 140 valence electrons. The Morgan fingerprint density at radius 1 is 1.04 bits per heavy atom. The maximum Gasteiger partial charge on any atom is 0.283 e. The molecule has 0 unspecified atom stereocenters. The van der Waals surface area contributed by atoms with Gasteiger partial charge in [-0.15, -0.1) is 10.2 Å². The molecule has 7 heteroatoms. The molecular weight excluding hydrogens is 354 g/mol. The summed E-state index contributed by atoms with van der Waals surface area (Å²) in [6.07, 6.45) is 3.29. The third-order valence-corrected chi connectivity index (χ3v) is 4.37. The van der Waals surface area contributed by atoms with Gasteiger partial charge in [0.2, 0.25) is 0 Å². The second-order valence-corrected chi connectivity index (χ2v) is 6.50. The molecule has 4 aromatic rings. The van der Waals surface area contributed by atoms with E-state index in [9.17, 15) is 0 Å². The number of hydrogen-bond acceptors (Lipinski definition) is 7. The number of rotatable bonds is 5. The Kier molecular flexibility index (Phi) is 4.49. The monoisotopic (exact) mass is 373 g/mol. The molecule has 0 N–H and O–H groups in total. The fraction of sp³-hybridized carbons (Fsp3) is 0.143. The Balaban J connectivity index is 1.67. The van der Waals surface area contributed by atoms with Crippen LogP contribution >= 0.6 is 0 Å². The Labute approximate surface area is 162 Å². The van der Waals surface area contributed by atoms with Crippen LogP contribution in [-0.2, 0) is 0 Å². The van der Waals surface area contributed by atoms with Gasteiger partial charge >= 0.3 is 0 Å². The van der Waals surface area contributed by atoms with Crippen LogP contribution in [0.5, 0.6) is 0 Å². The second-order valence-electron chi connectivity index (χ2n) is 6.50. The number of aromatic nitrogens is 4. The minimum atomic E-state index is 0.302. The Morgan fingerprint density at radius 3 is 2.46 bits per heavy atom. The lowest BCUT2D eigenvalue weighted by atomic mass is 10.1. The molecule has 0 spiro atoms. The lowest BCUT2D eigenvalue weighted by Gasteiger charge is -2.16. The predicted molar refractivity (Wildman–Crippen MR) is 106 cm³/mol. The summed E-state index contributed by atoms with van der Waals surface area (Å²) < 4.78 is 11.0. The lowest BCUT2D eigenvalue weighted by Crippen LogP contribution is -2.08. The first-order chi connectivity index (χ1) is 13.5. The fourth-order valence-corrected chi connectivity index (χ4v) is 2.70. The van der Waals surface area contributed by atoms with E-state index in [1.54, 1.807) is 24.6 Å². The zero-order valence-electron chi connectivity index (χ0n) is 15.9. The van der Waals surface area contributed by atoms with E-state index in [-0.39, 0.29) is 0 Å². The highest BCUT2D eigenvalue weighted by atomic mass is 16.4. The first-order valence-corrected chi connectivity index (χ1v) is 8.71. The summed E-state index contributed by atoms with van der Waals surface area (Å²) in [5, 5.41) is 8.13. The number of nitrogens with zero attached hydrogens (tertiary/aromatic N) is 5. The molecule has 0 aliphatic rings. The summed E-state index contributed by atoms with van der Waals surface area (Å²) in [5.41, 5.74) is 4.91. The van der Waals surface area contributed by atoms with Gasteiger partial charge in [0.25, 0.3) is 11.8 Å². The number of aryl methyl sites for hydroxylation is 1. The third kappa shape index (κ3) is 3.29. The molecule has 7 nitrogen and oxygen atoms in total. The van der Waals surface area contributed by atoms with Crippen LogP contribution in [0.3, 0.4) is 0 Å². The molecule has 3 heterocycles. The van der Waals surface area contributed by atoms with E-state index in [1.165, 1.54) is 0 Å². The summed E-state index contributed by atoms with van der Waals surface area (Å²) in [4.78, 5) is 11.1. The Morgan fingerprint density at radius 2 is 1.79 bits per heavy atom. The van der Waals surface area contributed by atoms with Crippen LogP contribution in [0.2, 0.25) is 0 Å². The first kappa shape index (κ1) is 17.7. The van der Waals surface area contributed by atoms with Gasteiger partial charge in [-0.05, 0) is 24.6 Å². The summed E-state index contributed by atoms with van der Waals surface area (Å²) in [6, 6.07) is 11.5. The number of benzene rings is 1. The molecule has 3 aromatic heterocycles. The number of hydrogen-bond donors (Lipinski definition) is 0. The minimum absolute atomic E-state index is 0.302. The quantitative estimate of drug-likeness (QED) is 0.516. The van der Waals surface area contributed by atoms with Gasteiger partial charge in [-0.2, -0.15) is 0 Å². The van der Waals surface area contributed by atoms with Crippen LogP contribution in [0, 0.1) is 6.92 Å². The molecule has 0 aliphatic heterocycles. The maximum atomic E-state index is 5.73. The van der Waals surface area contributed by atoms with Gasteiger partial charge < -0.3 is 13.7 Å².